The van der Waals surface area contributed by atoms with Gasteiger partial charge in [-0.3, -0.25) is 4.55 Å². The van der Waals surface area contributed by atoms with Gasteiger partial charge in [0.15, 0.2) is 0 Å². The fourth-order valence-electron chi connectivity index (χ4n) is 1.90. The molecule has 0 aliphatic carbocycles. The quantitative estimate of drug-likeness (QED) is 0.302. The first-order valence-electron chi connectivity index (χ1n) is 5.01. The van der Waals surface area contributed by atoms with Gasteiger partial charge in [-0.2, -0.15) is 8.42 Å². The number of hydrogen-bond acceptors (Lipinski definition) is 7. The van der Waals surface area contributed by atoms with E-state index in [1.165, 1.54) is 12.1 Å². The summed E-state index contributed by atoms with van der Waals surface area (Å²) >= 11 is 0. The Morgan fingerprint density at radius 3 is 2.19 bits per heavy atom. The molecule has 21 heavy (non-hydrogen) atoms. The fourth-order valence-corrected chi connectivity index (χ4v) is 3.89. The van der Waals surface area contributed by atoms with Gasteiger partial charge in [0.2, 0.25) is 0 Å². The number of anilines is 1. The van der Waals surface area contributed by atoms with Crippen molar-refractivity contribution in [1.82, 2.24) is 0 Å². The summed E-state index contributed by atoms with van der Waals surface area (Å²) in [7, 11) is -10.2. The Kier molecular flexibility index (Phi) is 4.95. The van der Waals surface area contributed by atoms with Gasteiger partial charge >= 0.3 is 29.6 Å². The molecule has 0 saturated carbocycles. The molecule has 0 spiro atoms. The van der Waals surface area contributed by atoms with Gasteiger partial charge in [-0.15, -0.1) is 0 Å². The Morgan fingerprint density at radius 2 is 1.71 bits per heavy atom. The van der Waals surface area contributed by atoms with Gasteiger partial charge in [-0.05, 0) is 12.1 Å². The van der Waals surface area contributed by atoms with Crippen molar-refractivity contribution in [1.29, 1.82) is 0 Å². The minimum atomic E-state index is -5.19. The Bertz CT molecular complexity index is 922. The smallest absolute Gasteiger partial charge is 0.744 e. The summed E-state index contributed by atoms with van der Waals surface area (Å²) in [6.45, 7) is 0. The first-order chi connectivity index (χ1) is 9.03. The van der Waals surface area contributed by atoms with Crippen LogP contribution >= 0.6 is 0 Å². The third-order valence-corrected chi connectivity index (χ3v) is 4.56. The maximum atomic E-state index is 11.4. The van der Waals surface area contributed by atoms with Crippen LogP contribution in [-0.4, -0.2) is 31.0 Å². The second kappa shape index (κ2) is 5.72. The number of hydrogen-bond donors (Lipinski definition) is 3. The van der Waals surface area contributed by atoms with Crippen molar-refractivity contribution in [3.8, 4) is 5.75 Å². The topological polar surface area (TPSA) is 158 Å². The van der Waals surface area contributed by atoms with E-state index in [-0.39, 0.29) is 46.0 Å². The normalized spacial score (nSPS) is 12.1. The summed E-state index contributed by atoms with van der Waals surface area (Å²) in [6, 6.07) is 4.11. The van der Waals surface area contributed by atoms with E-state index in [4.69, 9.17) is 10.3 Å². The van der Waals surface area contributed by atoms with Crippen molar-refractivity contribution < 1.29 is 60.6 Å². The molecule has 4 N–H and O–H groups in total. The van der Waals surface area contributed by atoms with Gasteiger partial charge in [0.1, 0.15) is 20.8 Å². The number of nitrogens with two attached hydrogens (primary N) is 1. The maximum absolute atomic E-state index is 11.4. The van der Waals surface area contributed by atoms with Crippen molar-refractivity contribution >= 4 is 36.7 Å². The molecule has 108 valence electrons. The molecule has 0 fully saturated rings. The second-order valence-electron chi connectivity index (χ2n) is 3.92. The van der Waals surface area contributed by atoms with Crippen LogP contribution < -0.4 is 35.3 Å². The van der Waals surface area contributed by atoms with Crippen molar-refractivity contribution in [3.63, 3.8) is 0 Å². The van der Waals surface area contributed by atoms with Gasteiger partial charge in [0, 0.05) is 16.5 Å². The molecule has 2 aromatic rings. The first kappa shape index (κ1) is 18.2. The Morgan fingerprint density at radius 1 is 1.14 bits per heavy atom. The molecule has 0 bridgehead atoms. The summed E-state index contributed by atoms with van der Waals surface area (Å²) < 4.78 is 65.3. The van der Waals surface area contributed by atoms with Crippen LogP contribution in [0.5, 0.6) is 5.75 Å². The standard InChI is InChI=1S/C10H9NO7S2.Na/c11-6-4-8(19(13,14)15)10(20(16,17)18)5-2-1-3-7(12)9(5)6;/h1-4,12H,11H2,(H,13,14,15)(H,16,17,18);/q;+1/p-1. The minimum Gasteiger partial charge on any atom is -0.744 e. The number of aromatic hydroxyl groups is 1. The average Bonchev–Trinajstić information content (AvgIpc) is 2.25. The van der Waals surface area contributed by atoms with E-state index in [0.29, 0.717) is 6.07 Å². The zero-order chi connectivity index (χ0) is 15.3. The van der Waals surface area contributed by atoms with Crippen LogP contribution in [0.3, 0.4) is 0 Å². The molecule has 2 rings (SSSR count). The van der Waals surface area contributed by atoms with E-state index in [1.807, 2.05) is 0 Å². The van der Waals surface area contributed by atoms with Crippen LogP contribution in [0.2, 0.25) is 0 Å². The van der Waals surface area contributed by atoms with Gasteiger partial charge in [0.05, 0.1) is 4.90 Å². The monoisotopic (exact) mass is 341 g/mol. The van der Waals surface area contributed by atoms with Gasteiger partial charge in [0.25, 0.3) is 10.1 Å². The van der Waals surface area contributed by atoms with Crippen molar-refractivity contribution in [2.45, 2.75) is 9.79 Å². The van der Waals surface area contributed by atoms with Gasteiger partial charge < -0.3 is 15.4 Å². The molecule has 0 amide bonds. The van der Waals surface area contributed by atoms with Crippen LogP contribution in [0.15, 0.2) is 34.1 Å². The van der Waals surface area contributed by atoms with E-state index in [9.17, 15) is 26.5 Å². The summed E-state index contributed by atoms with van der Waals surface area (Å²) in [4.78, 5) is -2.27. The maximum Gasteiger partial charge on any atom is 1.00 e. The molecule has 0 aliphatic heterocycles. The number of rotatable bonds is 2. The van der Waals surface area contributed by atoms with Crippen LogP contribution in [-0.2, 0) is 20.2 Å². The first-order valence-corrected chi connectivity index (χ1v) is 7.86. The summed E-state index contributed by atoms with van der Waals surface area (Å²) in [5.41, 5.74) is 5.22. The molecule has 2 aromatic carbocycles. The molecule has 0 unspecified atom stereocenters. The molecule has 0 radical (unpaired) electrons. The van der Waals surface area contributed by atoms with E-state index in [1.54, 1.807) is 0 Å². The zero-order valence-electron chi connectivity index (χ0n) is 10.6. The predicted molar refractivity (Wildman–Crippen MR) is 67.8 cm³/mol. The number of phenols is 1. The average molecular weight is 341 g/mol. The number of phenolic OH excluding ortho intramolecular Hbond substituents is 1. The molecular weight excluding hydrogens is 333 g/mol. The van der Waals surface area contributed by atoms with E-state index < -0.39 is 35.8 Å². The molecular formula is C10H8NNaO7S2. The Balaban J connectivity index is 0.00000220. The third-order valence-electron chi connectivity index (χ3n) is 2.61. The van der Waals surface area contributed by atoms with Crippen molar-refractivity contribution in [3.05, 3.63) is 24.3 Å². The van der Waals surface area contributed by atoms with Crippen LogP contribution in [0, 0.1) is 0 Å². The largest absolute Gasteiger partial charge is 1.00 e. The number of nitrogen functional groups attached to an aromatic ring is 1. The Hall–Kier alpha value is -0.880. The number of fused-ring (bicyclic) bond motifs is 1. The van der Waals surface area contributed by atoms with E-state index in [2.05, 4.69) is 0 Å². The van der Waals surface area contributed by atoms with Crippen LogP contribution in [0.4, 0.5) is 5.69 Å². The molecule has 8 nitrogen and oxygen atoms in total. The fraction of sp³-hybridized carbons (Fsp3) is 0. The summed E-state index contributed by atoms with van der Waals surface area (Å²) in [6.07, 6.45) is 0. The van der Waals surface area contributed by atoms with E-state index in [0.717, 1.165) is 6.07 Å². The molecule has 0 heterocycles. The van der Waals surface area contributed by atoms with Gasteiger partial charge in [-0.1, -0.05) is 12.1 Å². The minimum absolute atomic E-state index is 0. The second-order valence-corrected chi connectivity index (χ2v) is 6.63. The third kappa shape index (κ3) is 3.31. The molecule has 11 heteroatoms. The van der Waals surface area contributed by atoms with Crippen molar-refractivity contribution in [2.24, 2.45) is 0 Å². The zero-order valence-corrected chi connectivity index (χ0v) is 14.3. The number of benzene rings is 2. The molecule has 0 aromatic heterocycles. The summed E-state index contributed by atoms with van der Waals surface area (Å²) in [5.74, 6) is -0.417. The predicted octanol–water partition coefficient (Wildman–Crippen LogP) is -2.72. The van der Waals surface area contributed by atoms with E-state index >= 15 is 0 Å². The molecule has 0 aliphatic rings. The molecule has 0 saturated heterocycles. The summed E-state index contributed by atoms with van der Waals surface area (Å²) in [5, 5.41) is 9.12. The SMILES string of the molecule is Nc1cc(S(=O)(=O)[O-])c(S(=O)(=O)O)c2cccc(O)c12.[Na+]. The van der Waals surface area contributed by atoms with Gasteiger partial charge in [-0.25, -0.2) is 8.42 Å². The Labute approximate surface area is 142 Å². The van der Waals surface area contributed by atoms with Crippen LogP contribution in [0.1, 0.15) is 0 Å². The van der Waals surface area contributed by atoms with Crippen molar-refractivity contribution in [2.75, 3.05) is 5.73 Å². The molecule has 0 atom stereocenters. The van der Waals surface area contributed by atoms with Crippen LogP contribution in [0.25, 0.3) is 10.8 Å².